The van der Waals surface area contributed by atoms with Gasteiger partial charge in [0.15, 0.2) is 12.6 Å². The van der Waals surface area contributed by atoms with E-state index in [4.69, 9.17) is 44.5 Å². The fourth-order valence-corrected chi connectivity index (χ4v) is 7.31. The summed E-state index contributed by atoms with van der Waals surface area (Å²) in [5, 5.41) is 5.82. The van der Waals surface area contributed by atoms with E-state index in [0.717, 1.165) is 0 Å². The van der Waals surface area contributed by atoms with Crippen molar-refractivity contribution >= 4 is 34.1 Å². The molecule has 11 heteroatoms. The summed E-state index contributed by atoms with van der Waals surface area (Å²) in [6, 6.07) is 10.4. The van der Waals surface area contributed by atoms with E-state index < -0.39 is 17.3 Å². The Kier molecular flexibility index (Phi) is 7.67. The van der Waals surface area contributed by atoms with Crippen molar-refractivity contribution in [3.8, 4) is 34.3 Å². The van der Waals surface area contributed by atoms with Crippen LogP contribution in [0.4, 0.5) is 0 Å². The van der Waals surface area contributed by atoms with Crippen LogP contribution in [0.3, 0.4) is 0 Å². The molecule has 0 bridgehead atoms. The van der Waals surface area contributed by atoms with Gasteiger partial charge in [-0.2, -0.15) is 0 Å². The Balaban J connectivity index is 1.83. The molecule has 2 aliphatic carbocycles. The van der Waals surface area contributed by atoms with E-state index in [1.807, 2.05) is 6.92 Å². The lowest BCUT2D eigenvalue weighted by molar-refractivity contribution is -0.152. The molecule has 0 spiro atoms. The molecule has 3 aromatic carbocycles. The lowest BCUT2D eigenvalue weighted by atomic mass is 9.52. The van der Waals surface area contributed by atoms with E-state index in [-0.39, 0.29) is 35.9 Å². The molecule has 2 aliphatic rings. The third-order valence-electron chi connectivity index (χ3n) is 8.62. The Labute approximate surface area is 259 Å². The first kappa shape index (κ1) is 29.8. The summed E-state index contributed by atoms with van der Waals surface area (Å²) >= 11 is 6.70. The first-order valence-corrected chi connectivity index (χ1v) is 14.5. The van der Waals surface area contributed by atoms with Gasteiger partial charge in [0.05, 0.1) is 49.8 Å². The molecule has 230 valence electrons. The zero-order valence-electron chi connectivity index (χ0n) is 25.2. The Morgan fingerprint density at radius 1 is 1.07 bits per heavy atom. The van der Waals surface area contributed by atoms with Gasteiger partial charge in [-0.1, -0.05) is 41.9 Å². The summed E-state index contributed by atoms with van der Waals surface area (Å²) < 4.78 is 40.5. The number of nitrogens with zero attached hydrogens (tertiary/aromatic N) is 1. The van der Waals surface area contributed by atoms with Crippen LogP contribution in [-0.2, 0) is 26.1 Å². The number of esters is 1. The van der Waals surface area contributed by atoms with Gasteiger partial charge in [-0.25, -0.2) is 0 Å². The fraction of sp³-hybridized carbons (Fsp3) is 0.364. The number of fused-ring (bicyclic) bond motifs is 3. The number of benzene rings is 3. The number of rotatable bonds is 9. The highest BCUT2D eigenvalue weighted by Crippen LogP contribution is 2.61. The van der Waals surface area contributed by atoms with Gasteiger partial charge in [0, 0.05) is 41.7 Å². The van der Waals surface area contributed by atoms with Crippen molar-refractivity contribution in [2.24, 2.45) is 11.8 Å². The maximum Gasteiger partial charge on any atom is 0.310 e. The maximum absolute atomic E-state index is 15.4. The van der Waals surface area contributed by atoms with Gasteiger partial charge in [-0.05, 0) is 25.0 Å². The number of methoxy groups -OCH3 is 4. The topological polar surface area (TPSA) is 116 Å². The van der Waals surface area contributed by atoms with Crippen molar-refractivity contribution in [3.05, 3.63) is 63.9 Å². The van der Waals surface area contributed by atoms with Gasteiger partial charge < -0.3 is 32.9 Å². The van der Waals surface area contributed by atoms with Crippen LogP contribution in [0.5, 0.6) is 23.0 Å². The molecule has 0 N–H and O–H groups in total. The Morgan fingerprint density at radius 2 is 1.84 bits per heavy atom. The smallest absolute Gasteiger partial charge is 0.310 e. The highest BCUT2D eigenvalue weighted by atomic mass is 35.5. The molecule has 44 heavy (non-hydrogen) atoms. The summed E-state index contributed by atoms with van der Waals surface area (Å²) in [6.07, 6.45) is 0.357. The van der Waals surface area contributed by atoms with Crippen molar-refractivity contribution < 1.29 is 42.5 Å². The van der Waals surface area contributed by atoms with Gasteiger partial charge in [0.1, 0.15) is 39.9 Å². The second-order valence-electron chi connectivity index (χ2n) is 10.8. The first-order chi connectivity index (χ1) is 21.3. The first-order valence-electron chi connectivity index (χ1n) is 14.2. The second-order valence-corrected chi connectivity index (χ2v) is 11.2. The summed E-state index contributed by atoms with van der Waals surface area (Å²) in [6.45, 7) is 3.59. The molecule has 0 saturated carbocycles. The quantitative estimate of drug-likeness (QED) is 0.162. The standard InChI is InChI=1S/C33H32ClNO9/c1-7-42-32(37)26-16(2)13-23-27-28(35-44-23)24-18(9-8-10-21(24)39-4)31(36)33(26,27)19-12-11-17-22(40-5)14-20(34)30(41-6)25(17)29(19)43-15-38-3/h8-12,14,16,26H,7,13,15H2,1-6H3/t16-,26-,33+/m1/s1. The maximum atomic E-state index is 15.4. The predicted octanol–water partition coefficient (Wildman–Crippen LogP) is 6.01. The van der Waals surface area contributed by atoms with Crippen LogP contribution in [0, 0.1) is 11.8 Å². The average molecular weight is 622 g/mol. The summed E-state index contributed by atoms with van der Waals surface area (Å²) in [7, 11) is 6.04. The van der Waals surface area contributed by atoms with Crippen LogP contribution in [0.2, 0.25) is 5.02 Å². The normalized spacial score (nSPS) is 20.1. The molecular weight excluding hydrogens is 590 g/mol. The van der Waals surface area contributed by atoms with E-state index in [1.165, 1.54) is 28.4 Å². The average Bonchev–Trinajstić information content (AvgIpc) is 3.45. The fourth-order valence-electron chi connectivity index (χ4n) is 7.04. The molecule has 0 radical (unpaired) electrons. The molecule has 6 rings (SSSR count). The Bertz CT molecular complexity index is 1800. The second kappa shape index (κ2) is 11.3. The van der Waals surface area contributed by atoms with Crippen LogP contribution in [-0.4, -0.2) is 58.7 Å². The Hall–Kier alpha value is -4.28. The third-order valence-corrected chi connectivity index (χ3v) is 8.90. The molecule has 0 fully saturated rings. The van der Waals surface area contributed by atoms with Crippen molar-refractivity contribution in [1.82, 2.24) is 5.16 Å². The highest BCUT2D eigenvalue weighted by Gasteiger charge is 2.64. The van der Waals surface area contributed by atoms with E-state index in [9.17, 15) is 4.79 Å². The molecule has 0 saturated heterocycles. The van der Waals surface area contributed by atoms with E-state index in [0.29, 0.717) is 68.1 Å². The van der Waals surface area contributed by atoms with Crippen LogP contribution in [0.1, 0.15) is 41.1 Å². The van der Waals surface area contributed by atoms with Crippen LogP contribution >= 0.6 is 11.6 Å². The van der Waals surface area contributed by atoms with E-state index >= 15 is 4.79 Å². The lowest BCUT2D eigenvalue weighted by Crippen LogP contribution is -2.55. The molecule has 0 aliphatic heterocycles. The molecule has 0 amide bonds. The van der Waals surface area contributed by atoms with Crippen LogP contribution in [0.25, 0.3) is 22.0 Å². The van der Waals surface area contributed by atoms with Crippen LogP contribution < -0.4 is 18.9 Å². The number of Topliss-reactive ketones (excluding diaryl/α,β-unsaturated/α-hetero) is 1. The minimum absolute atomic E-state index is 0.130. The summed E-state index contributed by atoms with van der Waals surface area (Å²) in [4.78, 5) is 29.4. The lowest BCUT2D eigenvalue weighted by Gasteiger charge is -2.47. The number of ketones is 1. The zero-order valence-corrected chi connectivity index (χ0v) is 26.0. The van der Waals surface area contributed by atoms with Crippen molar-refractivity contribution in [2.45, 2.75) is 25.7 Å². The largest absolute Gasteiger partial charge is 0.496 e. The number of ether oxygens (including phenoxy) is 6. The van der Waals surface area contributed by atoms with E-state index in [2.05, 4.69) is 5.16 Å². The van der Waals surface area contributed by atoms with Gasteiger partial charge in [-0.3, -0.25) is 9.59 Å². The molecule has 10 nitrogen and oxygen atoms in total. The minimum Gasteiger partial charge on any atom is -0.496 e. The van der Waals surface area contributed by atoms with Gasteiger partial charge in [0.2, 0.25) is 0 Å². The number of halogens is 1. The molecule has 3 atom stereocenters. The number of hydrogen-bond acceptors (Lipinski definition) is 10. The van der Waals surface area contributed by atoms with Crippen molar-refractivity contribution in [3.63, 3.8) is 0 Å². The van der Waals surface area contributed by atoms with Crippen LogP contribution in [0.15, 0.2) is 40.9 Å². The molecule has 1 heterocycles. The highest BCUT2D eigenvalue weighted by molar-refractivity contribution is 6.34. The van der Waals surface area contributed by atoms with Crippen molar-refractivity contribution in [1.29, 1.82) is 0 Å². The number of aromatic nitrogens is 1. The summed E-state index contributed by atoms with van der Waals surface area (Å²) in [5.74, 6) is -0.274. The SMILES string of the molecule is CCOC(=O)[C@H]1[C@H](C)Cc2onc3c2[C@@]1(c1ccc2c(OC)cc(Cl)c(OC)c2c1OCOC)C(=O)c1cccc(OC)c1-3. The number of carbonyl (C=O) groups excluding carboxylic acids is 2. The predicted molar refractivity (Wildman–Crippen MR) is 161 cm³/mol. The monoisotopic (exact) mass is 621 g/mol. The molecule has 1 aromatic heterocycles. The summed E-state index contributed by atoms with van der Waals surface area (Å²) in [5.41, 5.74) is 0.435. The van der Waals surface area contributed by atoms with E-state index in [1.54, 1.807) is 43.3 Å². The zero-order chi connectivity index (χ0) is 31.3. The molecule has 0 unspecified atom stereocenters. The molecular formula is C33H32ClNO9. The van der Waals surface area contributed by atoms with Gasteiger partial charge >= 0.3 is 5.97 Å². The molecule has 4 aromatic rings. The van der Waals surface area contributed by atoms with Gasteiger partial charge in [0.25, 0.3) is 0 Å². The minimum atomic E-state index is -1.67. The Morgan fingerprint density at radius 3 is 2.52 bits per heavy atom. The van der Waals surface area contributed by atoms with Crippen molar-refractivity contribution in [2.75, 3.05) is 41.8 Å². The van der Waals surface area contributed by atoms with Gasteiger partial charge in [-0.15, -0.1) is 0 Å². The third kappa shape index (κ3) is 4.00. The number of hydrogen-bond donors (Lipinski definition) is 0. The number of carbonyl (C=O) groups is 2.